The molecular weight excluding hydrogens is 230 g/mol. The Bertz CT molecular complexity index is 314. The van der Waals surface area contributed by atoms with Gasteiger partial charge in [-0.15, -0.1) is 0 Å². The van der Waals surface area contributed by atoms with E-state index >= 15 is 0 Å². The second-order valence-corrected chi connectivity index (χ2v) is 5.90. The number of carboxylic acid groups (broad SMARTS) is 1. The molecule has 0 aromatic carbocycles. The average Bonchev–Trinajstić information content (AvgIpc) is 2.67. The number of carbonyl (C=O) groups is 2. The Morgan fingerprint density at radius 3 is 2.28 bits per heavy atom. The summed E-state index contributed by atoms with van der Waals surface area (Å²) in [5.74, 6) is -1.08. The minimum atomic E-state index is -0.836. The Morgan fingerprint density at radius 2 is 1.83 bits per heavy atom. The monoisotopic (exact) mass is 255 g/mol. The highest BCUT2D eigenvalue weighted by Crippen LogP contribution is 2.36. The smallest absolute Gasteiger partial charge is 0.307 e. The molecule has 18 heavy (non-hydrogen) atoms. The van der Waals surface area contributed by atoms with Crippen LogP contribution in [0.1, 0.15) is 47.0 Å². The van der Waals surface area contributed by atoms with Gasteiger partial charge in [-0.05, 0) is 31.1 Å². The lowest BCUT2D eigenvalue weighted by Crippen LogP contribution is -2.43. The van der Waals surface area contributed by atoms with Crippen LogP contribution in [0.5, 0.6) is 0 Å². The molecule has 0 heterocycles. The largest absolute Gasteiger partial charge is 0.481 e. The maximum Gasteiger partial charge on any atom is 0.307 e. The molecular formula is C14H25NO3. The van der Waals surface area contributed by atoms with Crippen molar-refractivity contribution in [2.45, 2.75) is 53.0 Å². The normalized spacial score (nSPS) is 29.3. The minimum Gasteiger partial charge on any atom is -0.481 e. The van der Waals surface area contributed by atoms with E-state index in [1.807, 2.05) is 13.8 Å². The molecule has 104 valence electrons. The summed E-state index contributed by atoms with van der Waals surface area (Å²) >= 11 is 0. The molecule has 1 fully saturated rings. The number of carboxylic acids is 1. The van der Waals surface area contributed by atoms with Crippen LogP contribution < -0.4 is 5.32 Å². The highest BCUT2D eigenvalue weighted by atomic mass is 16.4. The van der Waals surface area contributed by atoms with Crippen molar-refractivity contribution in [1.82, 2.24) is 5.32 Å². The first-order chi connectivity index (χ1) is 8.36. The summed E-state index contributed by atoms with van der Waals surface area (Å²) in [6.45, 7) is 8.20. The molecule has 0 bridgehead atoms. The lowest BCUT2D eigenvalue weighted by atomic mass is 9.93. The molecule has 0 aliphatic heterocycles. The van der Waals surface area contributed by atoms with E-state index in [-0.39, 0.29) is 17.9 Å². The third-order valence-corrected chi connectivity index (χ3v) is 4.02. The van der Waals surface area contributed by atoms with Gasteiger partial charge in [0.2, 0.25) is 5.91 Å². The van der Waals surface area contributed by atoms with Gasteiger partial charge >= 0.3 is 5.97 Å². The van der Waals surface area contributed by atoms with E-state index in [9.17, 15) is 14.7 Å². The van der Waals surface area contributed by atoms with Gasteiger partial charge in [0.1, 0.15) is 0 Å². The summed E-state index contributed by atoms with van der Waals surface area (Å²) in [6, 6.07) is 0.142. The van der Waals surface area contributed by atoms with Crippen LogP contribution in [0.2, 0.25) is 0 Å². The molecule has 2 N–H and O–H groups in total. The molecule has 0 aromatic heterocycles. The number of nitrogens with one attached hydrogen (secondary N) is 1. The third-order valence-electron chi connectivity index (χ3n) is 4.02. The molecule has 1 saturated carbocycles. The Morgan fingerprint density at radius 1 is 1.28 bits per heavy atom. The van der Waals surface area contributed by atoms with E-state index in [1.54, 1.807) is 0 Å². The van der Waals surface area contributed by atoms with Crippen molar-refractivity contribution in [3.05, 3.63) is 0 Å². The Balaban J connectivity index is 2.68. The van der Waals surface area contributed by atoms with Gasteiger partial charge in [0, 0.05) is 6.04 Å². The maximum atomic E-state index is 12.2. The summed E-state index contributed by atoms with van der Waals surface area (Å²) in [6.07, 6.45) is 2.19. The first-order valence-electron chi connectivity index (χ1n) is 6.89. The van der Waals surface area contributed by atoms with E-state index in [0.717, 1.165) is 6.42 Å². The quantitative estimate of drug-likeness (QED) is 0.792. The summed E-state index contributed by atoms with van der Waals surface area (Å²) < 4.78 is 0. The Hall–Kier alpha value is -1.06. The molecule has 0 spiro atoms. The number of hydrogen-bond donors (Lipinski definition) is 2. The van der Waals surface area contributed by atoms with E-state index in [4.69, 9.17) is 0 Å². The minimum absolute atomic E-state index is 0.0766. The first kappa shape index (κ1) is 15.0. The Labute approximate surface area is 109 Å². The van der Waals surface area contributed by atoms with E-state index in [2.05, 4.69) is 19.2 Å². The fourth-order valence-corrected chi connectivity index (χ4v) is 2.88. The molecule has 4 atom stereocenters. The molecule has 1 rings (SSSR count). The maximum absolute atomic E-state index is 12.2. The van der Waals surface area contributed by atoms with Gasteiger partial charge in [-0.25, -0.2) is 0 Å². The highest BCUT2D eigenvalue weighted by Gasteiger charge is 2.41. The van der Waals surface area contributed by atoms with E-state index in [1.165, 1.54) is 0 Å². The SMILES string of the molecule is CCC(NC(=O)C1CC(C)CC1C(=O)O)C(C)C. The summed E-state index contributed by atoms with van der Waals surface area (Å²) in [5.41, 5.74) is 0. The highest BCUT2D eigenvalue weighted by molar-refractivity contribution is 5.85. The predicted octanol–water partition coefficient (Wildman–Crippen LogP) is 2.28. The number of aliphatic carboxylic acids is 1. The van der Waals surface area contributed by atoms with E-state index in [0.29, 0.717) is 24.7 Å². The summed E-state index contributed by atoms with van der Waals surface area (Å²) in [7, 11) is 0. The summed E-state index contributed by atoms with van der Waals surface area (Å²) in [5, 5.41) is 12.2. The van der Waals surface area contributed by atoms with Crippen molar-refractivity contribution < 1.29 is 14.7 Å². The van der Waals surface area contributed by atoms with Crippen LogP contribution in [-0.4, -0.2) is 23.0 Å². The van der Waals surface area contributed by atoms with Gasteiger partial charge in [-0.2, -0.15) is 0 Å². The molecule has 0 radical (unpaired) electrons. The topological polar surface area (TPSA) is 66.4 Å². The van der Waals surface area contributed by atoms with Crippen molar-refractivity contribution in [3.63, 3.8) is 0 Å². The molecule has 1 aliphatic carbocycles. The fraction of sp³-hybridized carbons (Fsp3) is 0.857. The molecule has 4 unspecified atom stereocenters. The van der Waals surface area contributed by atoms with Crippen LogP contribution in [0.15, 0.2) is 0 Å². The Kier molecular flexibility index (Phi) is 5.17. The van der Waals surface area contributed by atoms with Crippen LogP contribution in [0, 0.1) is 23.7 Å². The number of rotatable bonds is 5. The second kappa shape index (κ2) is 6.21. The van der Waals surface area contributed by atoms with Crippen LogP contribution in [0.25, 0.3) is 0 Å². The molecule has 1 amide bonds. The van der Waals surface area contributed by atoms with Gasteiger partial charge < -0.3 is 10.4 Å². The van der Waals surface area contributed by atoms with Gasteiger partial charge in [0.05, 0.1) is 11.8 Å². The standard InChI is InChI=1S/C14H25NO3/c1-5-12(8(2)3)15-13(16)10-6-9(4)7-11(10)14(17)18/h8-12H,5-7H2,1-4H3,(H,15,16)(H,17,18). The predicted molar refractivity (Wildman–Crippen MR) is 70.1 cm³/mol. The van der Waals surface area contributed by atoms with Crippen LogP contribution in [0.3, 0.4) is 0 Å². The van der Waals surface area contributed by atoms with Crippen LogP contribution in [0.4, 0.5) is 0 Å². The average molecular weight is 255 g/mol. The van der Waals surface area contributed by atoms with Crippen LogP contribution >= 0.6 is 0 Å². The molecule has 1 aliphatic rings. The number of carbonyl (C=O) groups excluding carboxylic acids is 1. The first-order valence-corrected chi connectivity index (χ1v) is 6.89. The van der Waals surface area contributed by atoms with Gasteiger partial charge in [-0.1, -0.05) is 27.7 Å². The molecule has 0 saturated heterocycles. The third kappa shape index (κ3) is 3.47. The second-order valence-electron chi connectivity index (χ2n) is 5.90. The summed E-state index contributed by atoms with van der Waals surface area (Å²) in [4.78, 5) is 23.4. The molecule has 0 aromatic rings. The number of amides is 1. The zero-order chi connectivity index (χ0) is 13.9. The lowest BCUT2D eigenvalue weighted by molar-refractivity contribution is -0.146. The van der Waals surface area contributed by atoms with Crippen molar-refractivity contribution in [2.24, 2.45) is 23.7 Å². The van der Waals surface area contributed by atoms with Crippen molar-refractivity contribution in [3.8, 4) is 0 Å². The molecule has 4 nitrogen and oxygen atoms in total. The van der Waals surface area contributed by atoms with Crippen LogP contribution in [-0.2, 0) is 9.59 Å². The van der Waals surface area contributed by atoms with E-state index < -0.39 is 11.9 Å². The van der Waals surface area contributed by atoms with Crippen molar-refractivity contribution in [1.29, 1.82) is 0 Å². The lowest BCUT2D eigenvalue weighted by Gasteiger charge is -2.24. The molecule has 4 heteroatoms. The fourth-order valence-electron chi connectivity index (χ4n) is 2.88. The van der Waals surface area contributed by atoms with Crippen molar-refractivity contribution in [2.75, 3.05) is 0 Å². The van der Waals surface area contributed by atoms with Crippen molar-refractivity contribution >= 4 is 11.9 Å². The van der Waals surface area contributed by atoms with Gasteiger partial charge in [0.15, 0.2) is 0 Å². The van der Waals surface area contributed by atoms with Gasteiger partial charge in [-0.3, -0.25) is 9.59 Å². The zero-order valence-electron chi connectivity index (χ0n) is 11.8. The zero-order valence-corrected chi connectivity index (χ0v) is 11.8. The van der Waals surface area contributed by atoms with Gasteiger partial charge in [0.25, 0.3) is 0 Å². The number of hydrogen-bond acceptors (Lipinski definition) is 2.